The average molecular weight is 363 g/mol. The number of H-pyrrole nitrogens is 1. The van der Waals surface area contributed by atoms with Crippen molar-refractivity contribution in [3.05, 3.63) is 60.3 Å². The molecular weight excluding hydrogens is 351 g/mol. The molecule has 0 fully saturated rings. The minimum Gasteiger partial charge on any atom is -0.406 e. The lowest BCUT2D eigenvalue weighted by Crippen LogP contribution is -2.30. The van der Waals surface area contributed by atoms with Crippen molar-refractivity contribution in [1.82, 2.24) is 20.8 Å². The van der Waals surface area contributed by atoms with Gasteiger partial charge in [0.15, 0.2) is 5.69 Å². The molecule has 0 saturated heterocycles. The van der Waals surface area contributed by atoms with Gasteiger partial charge in [-0.1, -0.05) is 30.3 Å². The molecule has 0 radical (unpaired) electrons. The van der Waals surface area contributed by atoms with Crippen molar-refractivity contribution in [3.8, 4) is 17.0 Å². The van der Waals surface area contributed by atoms with Gasteiger partial charge >= 0.3 is 6.36 Å². The summed E-state index contributed by atoms with van der Waals surface area (Å²) in [5, 5.41) is 10.2. The maximum Gasteiger partial charge on any atom is 0.573 e. The molecule has 2 aromatic carbocycles. The number of benzene rings is 2. The first-order valence-electron chi connectivity index (χ1n) is 7.31. The zero-order valence-corrected chi connectivity index (χ0v) is 13.0. The van der Waals surface area contributed by atoms with E-state index in [2.05, 4.69) is 31.0 Å². The van der Waals surface area contributed by atoms with Crippen LogP contribution in [0.25, 0.3) is 11.3 Å². The summed E-state index contributed by atoms with van der Waals surface area (Å²) in [5.74, 6) is -0.925. The van der Waals surface area contributed by atoms with Crippen molar-refractivity contribution in [2.75, 3.05) is 5.43 Å². The Kier molecular flexibility index (Phi) is 4.74. The van der Waals surface area contributed by atoms with E-state index in [9.17, 15) is 18.0 Å². The molecule has 134 valence electrons. The van der Waals surface area contributed by atoms with E-state index in [-0.39, 0.29) is 11.4 Å². The summed E-state index contributed by atoms with van der Waals surface area (Å²) in [6.45, 7) is 0. The Morgan fingerprint density at radius 2 is 1.69 bits per heavy atom. The molecule has 0 aliphatic heterocycles. The first-order valence-corrected chi connectivity index (χ1v) is 7.31. The lowest BCUT2D eigenvalue weighted by Gasteiger charge is -2.11. The normalized spacial score (nSPS) is 11.0. The maximum absolute atomic E-state index is 12.3. The van der Waals surface area contributed by atoms with Gasteiger partial charge in [0.2, 0.25) is 0 Å². The Balaban J connectivity index is 1.64. The molecule has 0 unspecified atom stereocenters. The number of ether oxygens (including phenoxy) is 1. The van der Waals surface area contributed by atoms with Crippen LogP contribution in [0.1, 0.15) is 10.5 Å². The van der Waals surface area contributed by atoms with Crippen LogP contribution < -0.4 is 15.6 Å². The quantitative estimate of drug-likeness (QED) is 0.606. The third-order valence-electron chi connectivity index (χ3n) is 3.22. The zero-order valence-electron chi connectivity index (χ0n) is 13.0. The molecule has 1 aromatic heterocycles. The highest BCUT2D eigenvalue weighted by molar-refractivity contribution is 5.98. The summed E-state index contributed by atoms with van der Waals surface area (Å²) in [6.07, 6.45) is -4.76. The number of hydrogen-bond acceptors (Lipinski definition) is 5. The Labute approximate surface area is 145 Å². The second kappa shape index (κ2) is 7.13. The Morgan fingerprint density at radius 1 is 1.00 bits per heavy atom. The van der Waals surface area contributed by atoms with Gasteiger partial charge in [-0.05, 0) is 24.3 Å². The number of nitrogens with one attached hydrogen (secondary N) is 3. The molecule has 3 N–H and O–H groups in total. The molecule has 26 heavy (non-hydrogen) atoms. The van der Waals surface area contributed by atoms with E-state index in [1.54, 1.807) is 24.3 Å². The molecule has 3 aromatic rings. The first kappa shape index (κ1) is 17.3. The Bertz CT molecular complexity index is 879. The minimum atomic E-state index is -4.76. The van der Waals surface area contributed by atoms with Gasteiger partial charge in [-0.2, -0.15) is 15.4 Å². The fourth-order valence-corrected chi connectivity index (χ4v) is 2.11. The SMILES string of the molecule is O=C(NNc1ccc(OC(F)(F)F)cc1)c1n[nH]nc1-c1ccccc1. The van der Waals surface area contributed by atoms with E-state index in [4.69, 9.17) is 0 Å². The van der Waals surface area contributed by atoms with Crippen LogP contribution in [-0.4, -0.2) is 27.7 Å². The monoisotopic (exact) mass is 363 g/mol. The summed E-state index contributed by atoms with van der Waals surface area (Å²) in [4.78, 5) is 12.3. The highest BCUT2D eigenvalue weighted by atomic mass is 19.4. The standard InChI is InChI=1S/C16H12F3N5O2/c17-16(18,19)26-12-8-6-11(7-9-12)20-23-15(25)14-13(21-24-22-14)10-4-2-1-3-5-10/h1-9,20H,(H,23,25)(H,21,22,24). The summed E-state index contributed by atoms with van der Waals surface area (Å²) < 4.78 is 40.1. The van der Waals surface area contributed by atoms with Crippen molar-refractivity contribution < 1.29 is 22.7 Å². The summed E-state index contributed by atoms with van der Waals surface area (Å²) in [6, 6.07) is 13.9. The molecule has 7 nitrogen and oxygen atoms in total. The zero-order chi connectivity index (χ0) is 18.6. The number of hydrazine groups is 1. The number of carbonyl (C=O) groups is 1. The largest absolute Gasteiger partial charge is 0.573 e. The second-order valence-corrected chi connectivity index (χ2v) is 5.04. The van der Waals surface area contributed by atoms with E-state index < -0.39 is 12.3 Å². The first-order chi connectivity index (χ1) is 12.4. The van der Waals surface area contributed by atoms with E-state index in [1.807, 2.05) is 6.07 Å². The van der Waals surface area contributed by atoms with Crippen molar-refractivity contribution in [3.63, 3.8) is 0 Å². The van der Waals surface area contributed by atoms with Crippen LogP contribution in [0.4, 0.5) is 18.9 Å². The number of aromatic amines is 1. The summed E-state index contributed by atoms with van der Waals surface area (Å²) in [5.41, 5.74) is 6.50. The van der Waals surface area contributed by atoms with Crippen LogP contribution in [0.5, 0.6) is 5.75 Å². The Morgan fingerprint density at radius 3 is 2.35 bits per heavy atom. The second-order valence-electron chi connectivity index (χ2n) is 5.04. The highest BCUT2D eigenvalue weighted by Crippen LogP contribution is 2.24. The van der Waals surface area contributed by atoms with Crippen LogP contribution >= 0.6 is 0 Å². The molecular formula is C16H12F3N5O2. The van der Waals surface area contributed by atoms with Crippen LogP contribution in [0.2, 0.25) is 0 Å². The predicted octanol–water partition coefficient (Wildman–Crippen LogP) is 3.13. The van der Waals surface area contributed by atoms with Gasteiger partial charge in [-0.15, -0.1) is 13.2 Å². The predicted molar refractivity (Wildman–Crippen MR) is 86.0 cm³/mol. The molecule has 0 saturated carbocycles. The molecule has 0 aliphatic rings. The average Bonchev–Trinajstić information content (AvgIpc) is 3.10. The fraction of sp³-hybridized carbons (Fsp3) is 0.0625. The number of rotatable bonds is 5. The van der Waals surface area contributed by atoms with E-state index in [1.165, 1.54) is 12.1 Å². The van der Waals surface area contributed by atoms with Gasteiger partial charge in [0, 0.05) is 5.56 Å². The molecule has 0 aliphatic carbocycles. The van der Waals surface area contributed by atoms with Crippen LogP contribution in [0, 0.1) is 0 Å². The number of anilines is 1. The van der Waals surface area contributed by atoms with Crippen LogP contribution in [0.3, 0.4) is 0 Å². The molecule has 0 atom stereocenters. The highest BCUT2D eigenvalue weighted by Gasteiger charge is 2.30. The molecule has 10 heteroatoms. The van der Waals surface area contributed by atoms with E-state index >= 15 is 0 Å². The van der Waals surface area contributed by atoms with Gasteiger partial charge in [0.25, 0.3) is 5.91 Å². The van der Waals surface area contributed by atoms with Gasteiger partial charge in [-0.25, -0.2) is 0 Å². The number of hydrogen-bond donors (Lipinski definition) is 3. The maximum atomic E-state index is 12.3. The number of halogens is 3. The van der Waals surface area contributed by atoms with Crippen molar-refractivity contribution >= 4 is 11.6 Å². The number of alkyl halides is 3. The van der Waals surface area contributed by atoms with Crippen LogP contribution in [0.15, 0.2) is 54.6 Å². The van der Waals surface area contributed by atoms with Gasteiger partial charge in [0.05, 0.1) is 5.69 Å². The number of aromatic nitrogens is 3. The smallest absolute Gasteiger partial charge is 0.406 e. The van der Waals surface area contributed by atoms with Crippen molar-refractivity contribution in [2.24, 2.45) is 0 Å². The van der Waals surface area contributed by atoms with Gasteiger partial charge < -0.3 is 4.74 Å². The van der Waals surface area contributed by atoms with Gasteiger partial charge in [0.1, 0.15) is 11.4 Å². The molecule has 0 spiro atoms. The summed E-state index contributed by atoms with van der Waals surface area (Å²) in [7, 11) is 0. The molecule has 1 heterocycles. The third-order valence-corrected chi connectivity index (χ3v) is 3.22. The molecule has 1 amide bonds. The lowest BCUT2D eigenvalue weighted by molar-refractivity contribution is -0.274. The fourth-order valence-electron chi connectivity index (χ4n) is 2.11. The van der Waals surface area contributed by atoms with Crippen molar-refractivity contribution in [1.29, 1.82) is 0 Å². The number of nitrogens with zero attached hydrogens (tertiary/aromatic N) is 2. The Hall–Kier alpha value is -3.56. The lowest BCUT2D eigenvalue weighted by atomic mass is 10.1. The molecule has 0 bridgehead atoms. The summed E-state index contributed by atoms with van der Waals surface area (Å²) >= 11 is 0. The number of amides is 1. The molecule has 3 rings (SSSR count). The third kappa shape index (κ3) is 4.29. The minimum absolute atomic E-state index is 0.0701. The number of carbonyl (C=O) groups excluding carboxylic acids is 1. The van der Waals surface area contributed by atoms with Gasteiger partial charge in [-0.3, -0.25) is 15.6 Å². The van der Waals surface area contributed by atoms with Crippen LogP contribution in [-0.2, 0) is 0 Å². The topological polar surface area (TPSA) is 91.9 Å². The van der Waals surface area contributed by atoms with E-state index in [0.717, 1.165) is 12.1 Å². The van der Waals surface area contributed by atoms with E-state index in [0.29, 0.717) is 16.9 Å². The van der Waals surface area contributed by atoms with Crippen molar-refractivity contribution in [2.45, 2.75) is 6.36 Å².